The molecule has 0 saturated carbocycles. The Morgan fingerprint density at radius 2 is 1.77 bits per heavy atom. The van der Waals surface area contributed by atoms with Crippen LogP contribution in [0.1, 0.15) is 12.5 Å². The molecule has 0 unspecified atom stereocenters. The molecular formula is C15H15FN2O3S. The van der Waals surface area contributed by atoms with Gasteiger partial charge in [0.1, 0.15) is 11.6 Å². The SMILES string of the molecule is CCOc1ccc(S(=O)(=O)N/N=C/c2ccc(F)cc2)cc1. The molecule has 0 amide bonds. The van der Waals surface area contributed by atoms with Crippen molar-refractivity contribution in [2.24, 2.45) is 5.10 Å². The highest BCUT2D eigenvalue weighted by molar-refractivity contribution is 7.89. The third kappa shape index (κ3) is 4.29. The van der Waals surface area contributed by atoms with Gasteiger partial charge in [0.2, 0.25) is 0 Å². The molecule has 0 spiro atoms. The van der Waals surface area contributed by atoms with E-state index in [0.29, 0.717) is 17.9 Å². The summed E-state index contributed by atoms with van der Waals surface area (Å²) < 4.78 is 42.0. The molecule has 116 valence electrons. The van der Waals surface area contributed by atoms with Crippen molar-refractivity contribution in [1.82, 2.24) is 4.83 Å². The summed E-state index contributed by atoms with van der Waals surface area (Å²) >= 11 is 0. The fourth-order valence-corrected chi connectivity index (χ4v) is 2.44. The Bertz CT molecular complexity index is 741. The van der Waals surface area contributed by atoms with Gasteiger partial charge >= 0.3 is 0 Å². The van der Waals surface area contributed by atoms with Crippen LogP contribution >= 0.6 is 0 Å². The van der Waals surface area contributed by atoms with E-state index in [1.165, 1.54) is 42.6 Å². The van der Waals surface area contributed by atoms with Crippen LogP contribution in [0.4, 0.5) is 4.39 Å². The molecule has 2 rings (SSSR count). The standard InChI is InChI=1S/C15H15FN2O3S/c1-2-21-14-7-9-15(10-8-14)22(19,20)18-17-11-12-3-5-13(16)6-4-12/h3-11,18H,2H2,1H3/b17-11+. The predicted octanol–water partition coefficient (Wildman–Crippen LogP) is 2.54. The lowest BCUT2D eigenvalue weighted by atomic mass is 10.2. The van der Waals surface area contributed by atoms with E-state index < -0.39 is 10.0 Å². The van der Waals surface area contributed by atoms with Gasteiger partial charge in [-0.1, -0.05) is 12.1 Å². The fraction of sp³-hybridized carbons (Fsp3) is 0.133. The Hall–Kier alpha value is -2.41. The molecule has 0 heterocycles. The Kier molecular flexibility index (Phi) is 5.11. The monoisotopic (exact) mass is 322 g/mol. The summed E-state index contributed by atoms with van der Waals surface area (Å²) in [5.74, 6) is 0.225. The summed E-state index contributed by atoms with van der Waals surface area (Å²) in [6.07, 6.45) is 1.30. The summed E-state index contributed by atoms with van der Waals surface area (Å²) in [4.78, 5) is 2.17. The average Bonchev–Trinajstić information content (AvgIpc) is 2.50. The van der Waals surface area contributed by atoms with Crippen molar-refractivity contribution < 1.29 is 17.5 Å². The lowest BCUT2D eigenvalue weighted by Gasteiger charge is -2.05. The van der Waals surface area contributed by atoms with Gasteiger partial charge in [-0.05, 0) is 48.9 Å². The molecule has 0 saturated heterocycles. The molecule has 0 bridgehead atoms. The highest BCUT2D eigenvalue weighted by atomic mass is 32.2. The Balaban J connectivity index is 2.05. The summed E-state index contributed by atoms with van der Waals surface area (Å²) in [7, 11) is -3.75. The first-order chi connectivity index (χ1) is 10.5. The van der Waals surface area contributed by atoms with Crippen molar-refractivity contribution in [3.8, 4) is 5.75 Å². The van der Waals surface area contributed by atoms with Gasteiger partial charge in [0, 0.05) is 0 Å². The van der Waals surface area contributed by atoms with Crippen LogP contribution in [0.3, 0.4) is 0 Å². The van der Waals surface area contributed by atoms with Crippen molar-refractivity contribution >= 4 is 16.2 Å². The molecule has 2 aromatic carbocycles. The molecule has 0 aliphatic heterocycles. The molecule has 0 aliphatic carbocycles. The van der Waals surface area contributed by atoms with E-state index in [-0.39, 0.29) is 10.7 Å². The van der Waals surface area contributed by atoms with E-state index in [9.17, 15) is 12.8 Å². The van der Waals surface area contributed by atoms with E-state index in [1.807, 2.05) is 6.92 Å². The first-order valence-corrected chi connectivity index (χ1v) is 8.03. The van der Waals surface area contributed by atoms with E-state index in [4.69, 9.17) is 4.74 Å². The molecule has 7 heteroatoms. The Labute approximate surface area is 128 Å². The van der Waals surface area contributed by atoms with Gasteiger partial charge in [-0.3, -0.25) is 0 Å². The predicted molar refractivity (Wildman–Crippen MR) is 81.9 cm³/mol. The number of sulfonamides is 1. The van der Waals surface area contributed by atoms with Crippen LogP contribution in [0.5, 0.6) is 5.75 Å². The molecule has 0 radical (unpaired) electrons. The van der Waals surface area contributed by atoms with Crippen LogP contribution in [-0.2, 0) is 10.0 Å². The summed E-state index contributed by atoms with van der Waals surface area (Å²) in [5.41, 5.74) is 0.579. The van der Waals surface area contributed by atoms with Crippen LogP contribution in [0.25, 0.3) is 0 Å². The van der Waals surface area contributed by atoms with Gasteiger partial charge in [-0.2, -0.15) is 13.5 Å². The van der Waals surface area contributed by atoms with E-state index in [2.05, 4.69) is 9.93 Å². The highest BCUT2D eigenvalue weighted by Gasteiger charge is 2.12. The summed E-state index contributed by atoms with van der Waals surface area (Å²) in [5, 5.41) is 3.66. The zero-order valence-electron chi connectivity index (χ0n) is 11.9. The lowest BCUT2D eigenvalue weighted by Crippen LogP contribution is -2.18. The number of rotatable bonds is 6. The molecule has 0 aromatic heterocycles. The van der Waals surface area contributed by atoms with Gasteiger partial charge in [-0.25, -0.2) is 9.22 Å². The van der Waals surface area contributed by atoms with Gasteiger partial charge in [0.15, 0.2) is 0 Å². The minimum Gasteiger partial charge on any atom is -0.494 e. The maximum Gasteiger partial charge on any atom is 0.276 e. The quantitative estimate of drug-likeness (QED) is 0.656. The zero-order valence-corrected chi connectivity index (χ0v) is 12.7. The second kappa shape index (κ2) is 7.04. The number of hydrogen-bond acceptors (Lipinski definition) is 4. The van der Waals surface area contributed by atoms with Crippen LogP contribution < -0.4 is 9.57 Å². The molecule has 1 N–H and O–H groups in total. The van der Waals surface area contributed by atoms with Crippen LogP contribution in [-0.4, -0.2) is 21.2 Å². The van der Waals surface area contributed by atoms with Gasteiger partial charge < -0.3 is 4.74 Å². The molecular weight excluding hydrogens is 307 g/mol. The largest absolute Gasteiger partial charge is 0.494 e. The zero-order chi connectivity index (χ0) is 16.0. The van der Waals surface area contributed by atoms with Crippen molar-refractivity contribution in [3.05, 3.63) is 59.9 Å². The maximum atomic E-state index is 12.7. The van der Waals surface area contributed by atoms with Crippen LogP contribution in [0.15, 0.2) is 58.5 Å². The van der Waals surface area contributed by atoms with Crippen molar-refractivity contribution in [2.75, 3.05) is 6.61 Å². The van der Waals surface area contributed by atoms with Gasteiger partial charge in [-0.15, -0.1) is 0 Å². The van der Waals surface area contributed by atoms with E-state index in [0.717, 1.165) is 0 Å². The number of nitrogens with one attached hydrogen (secondary N) is 1. The Morgan fingerprint density at radius 3 is 2.36 bits per heavy atom. The lowest BCUT2D eigenvalue weighted by molar-refractivity contribution is 0.340. The van der Waals surface area contributed by atoms with Crippen LogP contribution in [0, 0.1) is 5.82 Å². The molecule has 2 aromatic rings. The first kappa shape index (κ1) is 16.0. The van der Waals surface area contributed by atoms with E-state index in [1.54, 1.807) is 12.1 Å². The van der Waals surface area contributed by atoms with Gasteiger partial charge in [0.05, 0.1) is 17.7 Å². The third-order valence-electron chi connectivity index (χ3n) is 2.70. The molecule has 0 fully saturated rings. The smallest absolute Gasteiger partial charge is 0.276 e. The second-order valence-corrected chi connectivity index (χ2v) is 5.97. The number of hydrazone groups is 1. The maximum absolute atomic E-state index is 12.7. The van der Waals surface area contributed by atoms with Crippen molar-refractivity contribution in [2.45, 2.75) is 11.8 Å². The number of benzene rings is 2. The minimum absolute atomic E-state index is 0.0761. The summed E-state index contributed by atoms with van der Waals surface area (Å²) in [6.45, 7) is 2.35. The summed E-state index contributed by atoms with van der Waals surface area (Å²) in [6, 6.07) is 11.5. The number of hydrogen-bond donors (Lipinski definition) is 1. The fourth-order valence-electron chi connectivity index (χ4n) is 1.65. The second-order valence-electron chi connectivity index (χ2n) is 4.31. The number of ether oxygens (including phenoxy) is 1. The number of nitrogens with zero attached hydrogens (tertiary/aromatic N) is 1. The first-order valence-electron chi connectivity index (χ1n) is 6.54. The molecule has 22 heavy (non-hydrogen) atoms. The molecule has 0 atom stereocenters. The normalized spacial score (nSPS) is 11.5. The third-order valence-corrected chi connectivity index (χ3v) is 3.94. The van der Waals surface area contributed by atoms with Crippen molar-refractivity contribution in [1.29, 1.82) is 0 Å². The molecule has 0 aliphatic rings. The van der Waals surface area contributed by atoms with Crippen LogP contribution in [0.2, 0.25) is 0 Å². The Morgan fingerprint density at radius 1 is 1.14 bits per heavy atom. The molecule has 5 nitrogen and oxygen atoms in total. The minimum atomic E-state index is -3.75. The number of halogens is 1. The van der Waals surface area contributed by atoms with Crippen molar-refractivity contribution in [3.63, 3.8) is 0 Å². The van der Waals surface area contributed by atoms with Gasteiger partial charge in [0.25, 0.3) is 10.0 Å². The highest BCUT2D eigenvalue weighted by Crippen LogP contribution is 2.15. The topological polar surface area (TPSA) is 67.8 Å². The average molecular weight is 322 g/mol. The van der Waals surface area contributed by atoms with E-state index >= 15 is 0 Å².